The molecule has 0 bridgehead atoms. The number of carbonyl (C=O) groups is 1. The molecule has 0 aromatic carbocycles. The summed E-state index contributed by atoms with van der Waals surface area (Å²) in [5.74, 6) is 0.344. The van der Waals surface area contributed by atoms with Gasteiger partial charge >= 0.3 is 0 Å². The van der Waals surface area contributed by atoms with Gasteiger partial charge in [-0.1, -0.05) is 6.07 Å². The van der Waals surface area contributed by atoms with Gasteiger partial charge in [0.05, 0.1) is 0 Å². The molecule has 3 N–H and O–H groups in total. The van der Waals surface area contributed by atoms with E-state index in [2.05, 4.69) is 20.3 Å². The molecule has 1 amide bonds. The molecule has 0 saturated heterocycles. The fourth-order valence-electron chi connectivity index (χ4n) is 1.91. The van der Waals surface area contributed by atoms with Crippen LogP contribution in [0.4, 0.5) is 5.82 Å². The van der Waals surface area contributed by atoms with Crippen LogP contribution in [0.25, 0.3) is 0 Å². The van der Waals surface area contributed by atoms with Crippen LogP contribution in [0.5, 0.6) is 0 Å². The van der Waals surface area contributed by atoms with Crippen molar-refractivity contribution in [2.24, 2.45) is 0 Å². The van der Waals surface area contributed by atoms with E-state index >= 15 is 0 Å². The largest absolute Gasteiger partial charge is 0.438 e. The monoisotopic (exact) mass is 352 g/mol. The number of sulfonamides is 1. The number of anilines is 1. The number of aromatic nitrogens is 1. The Labute approximate surface area is 140 Å². The summed E-state index contributed by atoms with van der Waals surface area (Å²) in [6.45, 7) is 1.22. The molecule has 0 aliphatic heterocycles. The zero-order valence-corrected chi connectivity index (χ0v) is 14.1. The Bertz CT molecular complexity index is 759. The summed E-state index contributed by atoms with van der Waals surface area (Å²) in [6.07, 6.45) is 3.34. The molecule has 0 aliphatic rings. The highest BCUT2D eigenvalue weighted by Crippen LogP contribution is 2.13. The van der Waals surface area contributed by atoms with E-state index in [0.717, 1.165) is 25.2 Å². The van der Waals surface area contributed by atoms with Crippen molar-refractivity contribution in [3.8, 4) is 0 Å². The highest BCUT2D eigenvalue weighted by molar-refractivity contribution is 7.89. The standard InChI is InChI=1S/C15H20N4O4S/c1-16-24(21,22)14-8-7-12(23-14)15(20)19-11-5-4-10-18-13-6-2-3-9-17-13/h2-3,6-9,16H,4-5,10-11H2,1H3,(H,17,18)(H,19,20). The summed E-state index contributed by atoms with van der Waals surface area (Å²) in [7, 11) is -2.41. The Morgan fingerprint density at radius 2 is 1.96 bits per heavy atom. The van der Waals surface area contributed by atoms with Gasteiger partial charge in [-0.2, -0.15) is 0 Å². The number of amides is 1. The predicted octanol–water partition coefficient (Wildman–Crippen LogP) is 1.20. The lowest BCUT2D eigenvalue weighted by molar-refractivity contribution is 0.0920. The van der Waals surface area contributed by atoms with Crippen molar-refractivity contribution < 1.29 is 17.6 Å². The SMILES string of the molecule is CNS(=O)(=O)c1ccc(C(=O)NCCCCNc2ccccn2)o1. The lowest BCUT2D eigenvalue weighted by Crippen LogP contribution is -2.24. The minimum atomic E-state index is -3.68. The number of carbonyl (C=O) groups excluding carboxylic acids is 1. The second-order valence-electron chi connectivity index (χ2n) is 4.93. The Morgan fingerprint density at radius 3 is 2.67 bits per heavy atom. The van der Waals surface area contributed by atoms with E-state index in [0.29, 0.717) is 6.54 Å². The first kappa shape index (κ1) is 18.0. The van der Waals surface area contributed by atoms with Crippen LogP contribution in [0, 0.1) is 0 Å². The predicted molar refractivity (Wildman–Crippen MR) is 89.2 cm³/mol. The van der Waals surface area contributed by atoms with Crippen LogP contribution in [-0.4, -0.2) is 39.4 Å². The number of pyridine rings is 1. The maximum absolute atomic E-state index is 11.9. The third-order valence-electron chi connectivity index (χ3n) is 3.20. The number of rotatable bonds is 9. The van der Waals surface area contributed by atoms with Gasteiger partial charge in [-0.05, 0) is 44.2 Å². The number of nitrogens with zero attached hydrogens (tertiary/aromatic N) is 1. The molecule has 0 atom stereocenters. The van der Waals surface area contributed by atoms with Gasteiger partial charge in [0.25, 0.3) is 15.9 Å². The molecule has 2 heterocycles. The minimum absolute atomic E-state index is 0.0320. The van der Waals surface area contributed by atoms with Crippen molar-refractivity contribution in [3.63, 3.8) is 0 Å². The Morgan fingerprint density at radius 1 is 1.17 bits per heavy atom. The average Bonchev–Trinajstić information content (AvgIpc) is 3.10. The van der Waals surface area contributed by atoms with E-state index in [9.17, 15) is 13.2 Å². The lowest BCUT2D eigenvalue weighted by atomic mass is 10.3. The van der Waals surface area contributed by atoms with E-state index in [1.165, 1.54) is 19.2 Å². The summed E-state index contributed by atoms with van der Waals surface area (Å²) in [4.78, 5) is 16.0. The van der Waals surface area contributed by atoms with E-state index in [-0.39, 0.29) is 10.9 Å². The molecule has 0 saturated carbocycles. The first-order valence-electron chi connectivity index (χ1n) is 7.49. The molecule has 0 radical (unpaired) electrons. The molecule has 9 heteroatoms. The molecular formula is C15H20N4O4S. The van der Waals surface area contributed by atoms with Crippen molar-refractivity contribution in [1.29, 1.82) is 0 Å². The van der Waals surface area contributed by atoms with Crippen molar-refractivity contribution >= 4 is 21.7 Å². The molecule has 0 unspecified atom stereocenters. The number of furan rings is 1. The number of hydrogen-bond acceptors (Lipinski definition) is 6. The van der Waals surface area contributed by atoms with Gasteiger partial charge in [0.2, 0.25) is 5.09 Å². The number of unbranched alkanes of at least 4 members (excludes halogenated alkanes) is 1. The van der Waals surface area contributed by atoms with Crippen LogP contribution in [-0.2, 0) is 10.0 Å². The lowest BCUT2D eigenvalue weighted by Gasteiger charge is -2.06. The summed E-state index contributed by atoms with van der Waals surface area (Å²) in [5.41, 5.74) is 0. The maximum Gasteiger partial charge on any atom is 0.287 e. The van der Waals surface area contributed by atoms with Crippen LogP contribution in [0.2, 0.25) is 0 Å². The first-order valence-corrected chi connectivity index (χ1v) is 8.98. The number of hydrogen-bond donors (Lipinski definition) is 3. The van der Waals surface area contributed by atoms with E-state index in [1.807, 2.05) is 18.2 Å². The fourth-order valence-corrected chi connectivity index (χ4v) is 2.56. The van der Waals surface area contributed by atoms with Gasteiger partial charge in [-0.15, -0.1) is 0 Å². The van der Waals surface area contributed by atoms with E-state index < -0.39 is 15.9 Å². The van der Waals surface area contributed by atoms with Gasteiger partial charge in [0, 0.05) is 19.3 Å². The fraction of sp³-hybridized carbons (Fsp3) is 0.333. The molecule has 2 aromatic rings. The molecule has 0 fully saturated rings. The molecule has 2 rings (SSSR count). The summed E-state index contributed by atoms with van der Waals surface area (Å²) in [5, 5.41) is 5.58. The quantitative estimate of drug-likeness (QED) is 0.585. The normalized spacial score (nSPS) is 11.2. The van der Waals surface area contributed by atoms with Crippen molar-refractivity contribution in [1.82, 2.24) is 15.0 Å². The minimum Gasteiger partial charge on any atom is -0.438 e. The van der Waals surface area contributed by atoms with Crippen LogP contribution >= 0.6 is 0 Å². The van der Waals surface area contributed by atoms with Gasteiger partial charge in [0.15, 0.2) is 5.76 Å². The van der Waals surface area contributed by atoms with Gasteiger partial charge < -0.3 is 15.1 Å². The molecule has 0 spiro atoms. The maximum atomic E-state index is 11.9. The van der Waals surface area contributed by atoms with Gasteiger partial charge in [0.1, 0.15) is 5.82 Å². The summed E-state index contributed by atoms with van der Waals surface area (Å²) in [6, 6.07) is 8.22. The second kappa shape index (κ2) is 8.46. The Balaban J connectivity index is 1.68. The Kier molecular flexibility index (Phi) is 6.33. The zero-order valence-electron chi connectivity index (χ0n) is 13.3. The van der Waals surface area contributed by atoms with Crippen molar-refractivity contribution in [3.05, 3.63) is 42.3 Å². The molecule has 8 nitrogen and oxygen atoms in total. The average molecular weight is 352 g/mol. The van der Waals surface area contributed by atoms with Gasteiger partial charge in [-0.3, -0.25) is 4.79 Å². The van der Waals surface area contributed by atoms with Crippen LogP contribution in [0.15, 0.2) is 46.0 Å². The molecule has 0 aliphatic carbocycles. The molecule has 130 valence electrons. The van der Waals surface area contributed by atoms with Gasteiger partial charge in [-0.25, -0.2) is 18.1 Å². The molecule has 24 heavy (non-hydrogen) atoms. The second-order valence-corrected chi connectivity index (χ2v) is 6.75. The number of nitrogens with one attached hydrogen (secondary N) is 3. The van der Waals surface area contributed by atoms with Crippen LogP contribution in [0.3, 0.4) is 0 Å². The summed E-state index contributed by atoms with van der Waals surface area (Å²) < 4.78 is 30.3. The summed E-state index contributed by atoms with van der Waals surface area (Å²) >= 11 is 0. The van der Waals surface area contributed by atoms with Crippen LogP contribution in [0.1, 0.15) is 23.4 Å². The zero-order chi connectivity index (χ0) is 17.4. The topological polar surface area (TPSA) is 113 Å². The van der Waals surface area contributed by atoms with Crippen molar-refractivity contribution in [2.45, 2.75) is 17.9 Å². The molecular weight excluding hydrogens is 332 g/mol. The highest BCUT2D eigenvalue weighted by Gasteiger charge is 2.19. The smallest absolute Gasteiger partial charge is 0.287 e. The molecule has 2 aromatic heterocycles. The third-order valence-corrected chi connectivity index (χ3v) is 4.49. The Hall–Kier alpha value is -2.39. The first-order chi connectivity index (χ1) is 11.5. The van der Waals surface area contributed by atoms with E-state index in [1.54, 1.807) is 6.20 Å². The third kappa shape index (κ3) is 5.07. The van der Waals surface area contributed by atoms with Crippen molar-refractivity contribution in [2.75, 3.05) is 25.5 Å². The van der Waals surface area contributed by atoms with Crippen LogP contribution < -0.4 is 15.4 Å². The highest BCUT2D eigenvalue weighted by atomic mass is 32.2. The van der Waals surface area contributed by atoms with E-state index in [4.69, 9.17) is 4.42 Å².